The van der Waals surface area contributed by atoms with Gasteiger partial charge in [-0.25, -0.2) is 0 Å². The van der Waals surface area contributed by atoms with Gasteiger partial charge in [0.05, 0.1) is 0 Å². The fourth-order valence-corrected chi connectivity index (χ4v) is 10.3. The third kappa shape index (κ3) is 1.95. The average molecular weight is 424 g/mol. The van der Waals surface area contributed by atoms with E-state index >= 15 is 0 Å². The van der Waals surface area contributed by atoms with Gasteiger partial charge in [0.15, 0.2) is 0 Å². The summed E-state index contributed by atoms with van der Waals surface area (Å²) < 4.78 is 7.63. The Hall–Kier alpha value is 2.15. The molecule has 0 N–H and O–H groups in total. The van der Waals surface area contributed by atoms with Crippen molar-refractivity contribution in [3.63, 3.8) is 0 Å². The Bertz CT molecular complexity index is 42.1. The molecule has 6 heavy (non-hydrogen) atoms. The fraction of sp³-hybridized carbons (Fsp3) is 1.00. The first-order valence-corrected chi connectivity index (χ1v) is 7.20. The average Bonchev–Trinajstić information content (AvgIpc) is 1.86. The van der Waals surface area contributed by atoms with Crippen LogP contribution < -0.4 is 43.2 Å². The minimum atomic E-state index is 0.215. The predicted molar refractivity (Wildman–Crippen MR) is 23.8 cm³/mol. The van der Waals surface area contributed by atoms with Crippen LogP contribution in [0, 0.1) is 0 Å². The minimum absolute atomic E-state index is 0.215. The van der Waals surface area contributed by atoms with Gasteiger partial charge in [0.1, 0.15) is 0 Å². The van der Waals surface area contributed by atoms with Crippen LogP contribution in [-0.2, 0) is 1.40 Å². The van der Waals surface area contributed by atoms with Crippen LogP contribution >= 0.6 is 22.6 Å². The Morgan fingerprint density at radius 1 is 1.83 bits per heavy atom. The van der Waals surface area contributed by atoms with Crippen molar-refractivity contribution >= 4 is 22.6 Å². The molecule has 1 aliphatic rings. The molecule has 1 atom stereocenters. The Labute approximate surface area is 72.3 Å². The van der Waals surface area contributed by atoms with Crippen molar-refractivity contribution in [2.45, 2.75) is 1.93 Å². The van der Waals surface area contributed by atoms with Crippen LogP contribution in [-0.4, -0.2) is 6.36 Å². The van der Waals surface area contributed by atoms with Crippen LogP contribution in [0.5, 0.6) is 0 Å². The molecule has 0 aromatic carbocycles. The standard InChI is InChI=1S/C2H3I3O/c3-2-1-4-6-5-2/h2H,1H2/q-2. The molecule has 0 bridgehead atoms. The van der Waals surface area contributed by atoms with E-state index in [9.17, 15) is 0 Å². The molecule has 0 spiro atoms. The van der Waals surface area contributed by atoms with Gasteiger partial charge >= 0.3 is 73.6 Å². The van der Waals surface area contributed by atoms with Crippen molar-refractivity contribution in [1.82, 2.24) is 0 Å². The zero-order valence-corrected chi connectivity index (χ0v) is 9.30. The van der Waals surface area contributed by atoms with E-state index in [1.165, 1.54) is 4.43 Å². The van der Waals surface area contributed by atoms with E-state index in [1.807, 2.05) is 0 Å². The molecule has 1 unspecified atom stereocenters. The van der Waals surface area contributed by atoms with Gasteiger partial charge in [0, 0.05) is 0 Å². The molecular weight excluding hydrogens is 421 g/mol. The third-order valence-corrected chi connectivity index (χ3v) is 11.0. The summed E-state index contributed by atoms with van der Waals surface area (Å²) in [6.07, 6.45) is 0. The molecule has 1 rings (SSSR count). The molecule has 0 aromatic heterocycles. The first-order chi connectivity index (χ1) is 2.89. The van der Waals surface area contributed by atoms with Gasteiger partial charge in [-0.1, -0.05) is 0 Å². The maximum absolute atomic E-state index is 5.27. The van der Waals surface area contributed by atoms with Crippen molar-refractivity contribution in [3.05, 3.63) is 0 Å². The summed E-state index contributed by atoms with van der Waals surface area (Å²) in [5.74, 6) is 0. The van der Waals surface area contributed by atoms with E-state index in [0.717, 1.165) is 1.93 Å². The summed E-state index contributed by atoms with van der Waals surface area (Å²) in [5.41, 5.74) is 0. The molecule has 1 aliphatic heterocycles. The number of hydrogen-bond donors (Lipinski definition) is 0. The molecule has 0 amide bonds. The Kier molecular flexibility index (Phi) is 3.38. The topological polar surface area (TPSA) is 9.23 Å². The van der Waals surface area contributed by atoms with Gasteiger partial charge in [-0.05, 0) is 0 Å². The van der Waals surface area contributed by atoms with Crippen molar-refractivity contribution in [3.8, 4) is 0 Å². The molecule has 1 fully saturated rings. The molecule has 1 nitrogen and oxygen atoms in total. The first kappa shape index (κ1) is 6.27. The van der Waals surface area contributed by atoms with Crippen LogP contribution in [0.3, 0.4) is 0 Å². The first-order valence-electron chi connectivity index (χ1n) is 1.42. The van der Waals surface area contributed by atoms with Gasteiger partial charge in [-0.15, -0.1) is 0 Å². The molecule has 4 heteroatoms. The molecule has 40 valence electrons. The van der Waals surface area contributed by atoms with Crippen LogP contribution in [0.15, 0.2) is 0 Å². The number of alkyl halides is 3. The summed E-state index contributed by atoms with van der Waals surface area (Å²) in [6.45, 7) is 0. The van der Waals surface area contributed by atoms with Crippen LogP contribution in [0.1, 0.15) is 0 Å². The summed E-state index contributed by atoms with van der Waals surface area (Å²) in [5, 5.41) is 0. The van der Waals surface area contributed by atoms with Gasteiger partial charge in [0.25, 0.3) is 0 Å². The van der Waals surface area contributed by atoms with E-state index in [0.29, 0.717) is 0 Å². The van der Waals surface area contributed by atoms with E-state index in [-0.39, 0.29) is 43.2 Å². The van der Waals surface area contributed by atoms with Gasteiger partial charge in [0.2, 0.25) is 0 Å². The second-order valence-electron chi connectivity index (χ2n) is 0.802. The number of halogens is 3. The monoisotopic (exact) mass is 424 g/mol. The van der Waals surface area contributed by atoms with E-state index < -0.39 is 0 Å². The maximum atomic E-state index is 5.27. The Morgan fingerprint density at radius 3 is 2.83 bits per heavy atom. The summed E-state index contributed by atoms with van der Waals surface area (Å²) in [6, 6.07) is 0. The third-order valence-electron chi connectivity index (χ3n) is 0.351. The molecule has 0 saturated carbocycles. The normalized spacial score (nSPS) is 37.2. The molecule has 0 aromatic rings. The van der Waals surface area contributed by atoms with E-state index in [2.05, 4.69) is 22.6 Å². The van der Waals surface area contributed by atoms with Crippen LogP contribution in [0.4, 0.5) is 0 Å². The molecular formula is C2H3I3O-2. The molecule has 0 aliphatic carbocycles. The van der Waals surface area contributed by atoms with E-state index in [1.54, 1.807) is 0 Å². The zero-order chi connectivity index (χ0) is 4.41. The SMILES string of the molecule is IC1C[I-]O[I-]1. The number of rotatable bonds is 0. The molecule has 0 radical (unpaired) electrons. The quantitative estimate of drug-likeness (QED) is 0.280. The van der Waals surface area contributed by atoms with Gasteiger partial charge in [-0.3, -0.25) is 0 Å². The van der Waals surface area contributed by atoms with Crippen LogP contribution in [0.2, 0.25) is 0 Å². The second-order valence-corrected chi connectivity index (χ2v) is 10.8. The fourth-order valence-electron chi connectivity index (χ4n) is 0.156. The van der Waals surface area contributed by atoms with Gasteiger partial charge in [-0.2, -0.15) is 0 Å². The predicted octanol–water partition coefficient (Wildman–Crippen LogP) is -5.21. The Morgan fingerprint density at radius 2 is 2.67 bits per heavy atom. The molecule has 1 heterocycles. The second kappa shape index (κ2) is 3.23. The summed E-state index contributed by atoms with van der Waals surface area (Å²) in [4.78, 5) is 0. The van der Waals surface area contributed by atoms with Crippen molar-refractivity contribution in [2.24, 2.45) is 0 Å². The summed E-state index contributed by atoms with van der Waals surface area (Å²) >= 11 is 2.94. The van der Waals surface area contributed by atoms with Crippen molar-refractivity contribution in [1.29, 1.82) is 0 Å². The van der Waals surface area contributed by atoms with Crippen LogP contribution in [0.25, 0.3) is 0 Å². The van der Waals surface area contributed by atoms with Gasteiger partial charge < -0.3 is 0 Å². The Balaban J connectivity index is 2.18. The van der Waals surface area contributed by atoms with Crippen molar-refractivity contribution < 1.29 is 44.6 Å². The van der Waals surface area contributed by atoms with Crippen molar-refractivity contribution in [2.75, 3.05) is 4.43 Å². The summed E-state index contributed by atoms with van der Waals surface area (Å²) in [7, 11) is 0. The number of hydrogen-bond acceptors (Lipinski definition) is 1. The zero-order valence-electron chi connectivity index (χ0n) is 2.83. The molecule has 1 saturated heterocycles. The van der Waals surface area contributed by atoms with E-state index in [4.69, 9.17) is 1.40 Å².